The van der Waals surface area contributed by atoms with Gasteiger partial charge < -0.3 is 15.4 Å². The van der Waals surface area contributed by atoms with Crippen LogP contribution in [0.3, 0.4) is 0 Å². The summed E-state index contributed by atoms with van der Waals surface area (Å²) in [5, 5.41) is 2.06. The van der Waals surface area contributed by atoms with Crippen molar-refractivity contribution < 1.29 is 9.53 Å². The van der Waals surface area contributed by atoms with Crippen molar-refractivity contribution in [2.75, 3.05) is 26.2 Å². The second kappa shape index (κ2) is 8.02. The number of likely N-dealkylation sites (tertiary alicyclic amines) is 1. The number of amides is 1. The van der Waals surface area contributed by atoms with Crippen LogP contribution in [0.2, 0.25) is 10.0 Å². The number of thiophene rings is 1. The molecule has 0 bridgehead atoms. The van der Waals surface area contributed by atoms with Crippen molar-refractivity contribution in [2.24, 2.45) is 5.73 Å². The topological polar surface area (TPSA) is 55.6 Å². The lowest BCUT2D eigenvalue weighted by molar-refractivity contribution is 0.00858. The van der Waals surface area contributed by atoms with E-state index in [0.29, 0.717) is 41.2 Å². The average molecular weight is 387 g/mol. The van der Waals surface area contributed by atoms with Crippen LogP contribution in [0, 0.1) is 0 Å². The molecule has 1 aromatic carbocycles. The largest absolute Gasteiger partial charge is 0.378 e. The van der Waals surface area contributed by atoms with Gasteiger partial charge in [0.2, 0.25) is 0 Å². The Balaban J connectivity index is 1.66. The van der Waals surface area contributed by atoms with Gasteiger partial charge in [0.1, 0.15) is 4.88 Å². The zero-order chi connectivity index (χ0) is 17.1. The molecular formula is C17H20Cl2N2O2S. The number of hydrogen-bond acceptors (Lipinski definition) is 4. The first-order valence-electron chi connectivity index (χ1n) is 8.08. The van der Waals surface area contributed by atoms with E-state index in [4.69, 9.17) is 33.7 Å². The van der Waals surface area contributed by atoms with E-state index in [1.54, 1.807) is 6.07 Å². The monoisotopic (exact) mass is 386 g/mol. The zero-order valence-corrected chi connectivity index (χ0v) is 15.6. The van der Waals surface area contributed by atoms with Crippen molar-refractivity contribution in [1.82, 2.24) is 4.90 Å². The van der Waals surface area contributed by atoms with Gasteiger partial charge in [0.15, 0.2) is 0 Å². The molecule has 7 heteroatoms. The minimum atomic E-state index is -0.00210. The van der Waals surface area contributed by atoms with Crippen molar-refractivity contribution in [3.8, 4) is 0 Å². The van der Waals surface area contributed by atoms with Gasteiger partial charge in [0, 0.05) is 34.8 Å². The quantitative estimate of drug-likeness (QED) is 0.784. The van der Waals surface area contributed by atoms with Gasteiger partial charge in [-0.1, -0.05) is 29.3 Å². The number of fused-ring (bicyclic) bond motifs is 1. The molecule has 1 aromatic heterocycles. The molecule has 0 radical (unpaired) electrons. The maximum Gasteiger partial charge on any atom is 0.265 e. The third kappa shape index (κ3) is 3.86. The number of halogens is 2. The SMILES string of the molecule is NCCCOC1CCN(C(=O)c2sc3cc(Cl)ccc3c2Cl)CC1. The first-order chi connectivity index (χ1) is 11.6. The van der Waals surface area contributed by atoms with Crippen LogP contribution in [0.5, 0.6) is 0 Å². The molecule has 4 nitrogen and oxygen atoms in total. The summed E-state index contributed by atoms with van der Waals surface area (Å²) in [6, 6.07) is 5.51. The van der Waals surface area contributed by atoms with E-state index in [1.807, 2.05) is 17.0 Å². The number of carbonyl (C=O) groups is 1. The van der Waals surface area contributed by atoms with E-state index in [2.05, 4.69) is 0 Å². The van der Waals surface area contributed by atoms with Gasteiger partial charge in [-0.2, -0.15) is 0 Å². The van der Waals surface area contributed by atoms with Crippen LogP contribution in [-0.4, -0.2) is 43.2 Å². The minimum absolute atomic E-state index is 0.00210. The molecule has 1 aliphatic heterocycles. The number of carbonyl (C=O) groups excluding carboxylic acids is 1. The Morgan fingerprint density at radius 1 is 1.33 bits per heavy atom. The van der Waals surface area contributed by atoms with Crippen molar-refractivity contribution in [3.63, 3.8) is 0 Å². The van der Waals surface area contributed by atoms with E-state index in [9.17, 15) is 4.79 Å². The molecule has 0 aliphatic carbocycles. The third-order valence-electron chi connectivity index (χ3n) is 4.22. The van der Waals surface area contributed by atoms with E-state index in [0.717, 1.165) is 29.3 Å². The number of rotatable bonds is 5. The Hall–Kier alpha value is -0.850. The van der Waals surface area contributed by atoms with Crippen LogP contribution < -0.4 is 5.73 Å². The number of hydrogen-bond donors (Lipinski definition) is 1. The fraction of sp³-hybridized carbons (Fsp3) is 0.471. The van der Waals surface area contributed by atoms with E-state index >= 15 is 0 Å². The normalized spacial score (nSPS) is 16.0. The van der Waals surface area contributed by atoms with E-state index < -0.39 is 0 Å². The summed E-state index contributed by atoms with van der Waals surface area (Å²) in [6.07, 6.45) is 2.80. The van der Waals surface area contributed by atoms with Crippen LogP contribution in [-0.2, 0) is 4.74 Å². The zero-order valence-electron chi connectivity index (χ0n) is 13.3. The van der Waals surface area contributed by atoms with Crippen LogP contribution in [0.4, 0.5) is 0 Å². The molecule has 2 aromatic rings. The van der Waals surface area contributed by atoms with Gasteiger partial charge in [-0.3, -0.25) is 4.79 Å². The lowest BCUT2D eigenvalue weighted by Crippen LogP contribution is -2.40. The molecule has 0 unspecified atom stereocenters. The molecule has 2 heterocycles. The first kappa shape index (κ1) is 18.0. The second-order valence-corrected chi connectivity index (χ2v) is 7.76. The standard InChI is InChI=1S/C17H20Cl2N2O2S/c18-11-2-3-13-14(10-11)24-16(15(13)19)17(22)21-7-4-12(5-8-21)23-9-1-6-20/h2-3,10,12H,1,4-9,20H2. The highest BCUT2D eigenvalue weighted by molar-refractivity contribution is 7.21. The Kier molecular flexibility index (Phi) is 6.00. The predicted molar refractivity (Wildman–Crippen MR) is 100 cm³/mol. The maximum absolute atomic E-state index is 12.8. The van der Waals surface area contributed by atoms with Gasteiger partial charge in [-0.05, 0) is 37.9 Å². The predicted octanol–water partition coefficient (Wildman–Crippen LogP) is 4.18. The molecule has 0 saturated carbocycles. The first-order valence-corrected chi connectivity index (χ1v) is 9.66. The fourth-order valence-electron chi connectivity index (χ4n) is 2.88. The molecule has 3 rings (SSSR count). The Morgan fingerprint density at radius 2 is 2.08 bits per heavy atom. The molecular weight excluding hydrogens is 367 g/mol. The Bertz CT molecular complexity index is 727. The minimum Gasteiger partial charge on any atom is -0.378 e. The summed E-state index contributed by atoms with van der Waals surface area (Å²) < 4.78 is 6.73. The lowest BCUT2D eigenvalue weighted by Gasteiger charge is -2.31. The Labute approximate surface area is 155 Å². The van der Waals surface area contributed by atoms with Crippen LogP contribution in [0.15, 0.2) is 18.2 Å². The molecule has 1 amide bonds. The highest BCUT2D eigenvalue weighted by Crippen LogP contribution is 2.37. The molecule has 0 spiro atoms. The molecule has 0 atom stereocenters. The summed E-state index contributed by atoms with van der Waals surface area (Å²) in [5.74, 6) is -0.00210. The lowest BCUT2D eigenvalue weighted by atomic mass is 10.1. The van der Waals surface area contributed by atoms with E-state index in [1.165, 1.54) is 11.3 Å². The van der Waals surface area contributed by atoms with Crippen molar-refractivity contribution in [3.05, 3.63) is 33.1 Å². The smallest absolute Gasteiger partial charge is 0.265 e. The van der Waals surface area contributed by atoms with Gasteiger partial charge in [-0.25, -0.2) is 0 Å². The van der Waals surface area contributed by atoms with Crippen molar-refractivity contribution >= 4 is 50.5 Å². The van der Waals surface area contributed by atoms with Crippen molar-refractivity contribution in [2.45, 2.75) is 25.4 Å². The summed E-state index contributed by atoms with van der Waals surface area (Å²) in [5.41, 5.74) is 5.47. The summed E-state index contributed by atoms with van der Waals surface area (Å²) in [4.78, 5) is 15.3. The number of nitrogens with two attached hydrogens (primary N) is 1. The maximum atomic E-state index is 12.8. The summed E-state index contributed by atoms with van der Waals surface area (Å²) in [7, 11) is 0. The highest BCUT2D eigenvalue weighted by Gasteiger charge is 2.27. The van der Waals surface area contributed by atoms with Gasteiger partial charge in [-0.15, -0.1) is 11.3 Å². The highest BCUT2D eigenvalue weighted by atomic mass is 35.5. The average Bonchev–Trinajstić information content (AvgIpc) is 2.91. The molecule has 1 fully saturated rings. The molecule has 2 N–H and O–H groups in total. The molecule has 1 aliphatic rings. The fourth-order valence-corrected chi connectivity index (χ4v) is 4.64. The van der Waals surface area contributed by atoms with Crippen LogP contribution >= 0.6 is 34.5 Å². The van der Waals surface area contributed by atoms with Gasteiger partial charge in [0.05, 0.1) is 11.1 Å². The van der Waals surface area contributed by atoms with Crippen LogP contribution in [0.25, 0.3) is 10.1 Å². The van der Waals surface area contributed by atoms with Gasteiger partial charge >= 0.3 is 0 Å². The summed E-state index contributed by atoms with van der Waals surface area (Å²) in [6.45, 7) is 2.72. The second-order valence-electron chi connectivity index (χ2n) is 5.89. The summed E-state index contributed by atoms with van der Waals surface area (Å²) >= 11 is 13.8. The molecule has 24 heavy (non-hydrogen) atoms. The van der Waals surface area contributed by atoms with Gasteiger partial charge in [0.25, 0.3) is 5.91 Å². The number of piperidine rings is 1. The number of nitrogens with zero attached hydrogens (tertiary/aromatic N) is 1. The van der Waals surface area contributed by atoms with Crippen LogP contribution in [0.1, 0.15) is 28.9 Å². The van der Waals surface area contributed by atoms with Crippen molar-refractivity contribution in [1.29, 1.82) is 0 Å². The Morgan fingerprint density at radius 3 is 2.79 bits per heavy atom. The third-order valence-corrected chi connectivity index (χ3v) is 6.10. The molecule has 1 saturated heterocycles. The number of ether oxygens (including phenoxy) is 1. The molecule has 130 valence electrons. The van der Waals surface area contributed by atoms with E-state index in [-0.39, 0.29) is 12.0 Å². The number of benzene rings is 1.